The molecule has 0 saturated heterocycles. The molecule has 4 heteroatoms. The highest BCUT2D eigenvalue weighted by molar-refractivity contribution is 9.11. The molecule has 0 unspecified atom stereocenters. The molecule has 2 aromatic rings. The van der Waals surface area contributed by atoms with E-state index in [1.807, 2.05) is 11.4 Å². The minimum Gasteiger partial charge on any atom is -0.289 e. The van der Waals surface area contributed by atoms with Gasteiger partial charge in [0.15, 0.2) is 5.78 Å². The van der Waals surface area contributed by atoms with Gasteiger partial charge < -0.3 is 0 Å². The van der Waals surface area contributed by atoms with Crippen molar-refractivity contribution in [3.63, 3.8) is 0 Å². The summed E-state index contributed by atoms with van der Waals surface area (Å²) in [5.41, 5.74) is 1.63. The number of allylic oxidation sites excluding steroid dienone is 1. The van der Waals surface area contributed by atoms with Crippen LogP contribution in [0.3, 0.4) is 0 Å². The zero-order valence-electron chi connectivity index (χ0n) is 8.26. The SMILES string of the molecule is O=C(/C=C/c1csc(Br)c1)c1cccnc1. The highest BCUT2D eigenvalue weighted by Gasteiger charge is 2.00. The van der Waals surface area contributed by atoms with Crippen LogP contribution in [0.25, 0.3) is 6.08 Å². The van der Waals surface area contributed by atoms with Crippen molar-refractivity contribution in [3.8, 4) is 0 Å². The number of carbonyl (C=O) groups is 1. The molecule has 2 rings (SSSR count). The van der Waals surface area contributed by atoms with Crippen LogP contribution in [-0.2, 0) is 0 Å². The van der Waals surface area contributed by atoms with Crippen LogP contribution in [-0.4, -0.2) is 10.8 Å². The molecule has 2 aromatic heterocycles. The zero-order valence-corrected chi connectivity index (χ0v) is 10.7. The Morgan fingerprint density at radius 3 is 3.00 bits per heavy atom. The first-order valence-corrected chi connectivity index (χ1v) is 6.29. The van der Waals surface area contributed by atoms with Gasteiger partial charge >= 0.3 is 0 Å². The van der Waals surface area contributed by atoms with Crippen molar-refractivity contribution in [2.24, 2.45) is 0 Å². The maximum absolute atomic E-state index is 11.7. The fourth-order valence-electron chi connectivity index (χ4n) is 1.19. The van der Waals surface area contributed by atoms with E-state index in [4.69, 9.17) is 0 Å². The summed E-state index contributed by atoms with van der Waals surface area (Å²) in [7, 11) is 0. The van der Waals surface area contributed by atoms with Gasteiger partial charge in [0, 0.05) is 18.0 Å². The lowest BCUT2D eigenvalue weighted by Gasteiger charge is -1.92. The zero-order chi connectivity index (χ0) is 11.4. The summed E-state index contributed by atoms with van der Waals surface area (Å²) in [6.07, 6.45) is 6.58. The number of nitrogens with zero attached hydrogens (tertiary/aromatic N) is 1. The summed E-state index contributed by atoms with van der Waals surface area (Å²) in [6, 6.07) is 5.48. The van der Waals surface area contributed by atoms with Gasteiger partial charge in [0.2, 0.25) is 0 Å². The van der Waals surface area contributed by atoms with Crippen LogP contribution < -0.4 is 0 Å². The van der Waals surface area contributed by atoms with E-state index >= 15 is 0 Å². The molecule has 80 valence electrons. The molecule has 0 aromatic carbocycles. The van der Waals surface area contributed by atoms with Crippen LogP contribution in [0, 0.1) is 0 Å². The Bertz CT molecular complexity index is 519. The van der Waals surface area contributed by atoms with Gasteiger partial charge in [-0.3, -0.25) is 9.78 Å². The first-order valence-electron chi connectivity index (χ1n) is 4.62. The molecule has 16 heavy (non-hydrogen) atoms. The summed E-state index contributed by atoms with van der Waals surface area (Å²) in [5, 5.41) is 1.98. The number of rotatable bonds is 3. The Labute approximate surface area is 106 Å². The number of thiophene rings is 1. The summed E-state index contributed by atoms with van der Waals surface area (Å²) in [4.78, 5) is 15.6. The predicted octanol–water partition coefficient (Wildman–Crippen LogP) is 3.80. The highest BCUT2D eigenvalue weighted by Crippen LogP contribution is 2.21. The van der Waals surface area contributed by atoms with E-state index in [1.165, 1.54) is 0 Å². The second-order valence-corrected chi connectivity index (χ2v) is 5.41. The quantitative estimate of drug-likeness (QED) is 0.636. The van der Waals surface area contributed by atoms with Gasteiger partial charge in [-0.2, -0.15) is 0 Å². The first-order chi connectivity index (χ1) is 7.75. The molecule has 0 radical (unpaired) electrons. The monoisotopic (exact) mass is 293 g/mol. The standard InChI is InChI=1S/C12H8BrNOS/c13-12-6-9(8-16-12)3-4-11(15)10-2-1-5-14-7-10/h1-8H/b4-3+. The number of ketones is 1. The molecule has 0 N–H and O–H groups in total. The normalized spacial score (nSPS) is 10.8. The number of halogens is 1. The maximum atomic E-state index is 11.7. The predicted molar refractivity (Wildman–Crippen MR) is 69.6 cm³/mol. The van der Waals surface area contributed by atoms with Crippen LogP contribution in [0.1, 0.15) is 15.9 Å². The van der Waals surface area contributed by atoms with Crippen LogP contribution >= 0.6 is 27.3 Å². The molecule has 0 aliphatic rings. The lowest BCUT2D eigenvalue weighted by atomic mass is 10.1. The van der Waals surface area contributed by atoms with Crippen LogP contribution in [0.2, 0.25) is 0 Å². The first kappa shape index (κ1) is 11.2. The van der Waals surface area contributed by atoms with E-state index in [9.17, 15) is 4.79 Å². The van der Waals surface area contributed by atoms with Crippen molar-refractivity contribution in [3.05, 3.63) is 57.0 Å². The highest BCUT2D eigenvalue weighted by atomic mass is 79.9. The summed E-state index contributed by atoms with van der Waals surface area (Å²) < 4.78 is 1.06. The molecule has 0 saturated carbocycles. The second-order valence-electron chi connectivity index (χ2n) is 3.12. The van der Waals surface area contributed by atoms with Crippen molar-refractivity contribution in [2.45, 2.75) is 0 Å². The number of pyridine rings is 1. The van der Waals surface area contributed by atoms with Gasteiger partial charge in [-0.15, -0.1) is 11.3 Å². The van der Waals surface area contributed by atoms with E-state index in [2.05, 4.69) is 20.9 Å². The minimum atomic E-state index is -0.0320. The molecule has 0 atom stereocenters. The molecular formula is C12H8BrNOS. The summed E-state index contributed by atoms with van der Waals surface area (Å²) in [6.45, 7) is 0. The fourth-order valence-corrected chi connectivity index (χ4v) is 2.33. The third-order valence-corrected chi connectivity index (χ3v) is 3.48. The minimum absolute atomic E-state index is 0.0320. The number of carbonyl (C=O) groups excluding carboxylic acids is 1. The molecule has 0 aliphatic heterocycles. The van der Waals surface area contributed by atoms with Gasteiger partial charge in [0.05, 0.1) is 3.79 Å². The molecule has 0 bridgehead atoms. The van der Waals surface area contributed by atoms with Crippen molar-refractivity contribution in [2.75, 3.05) is 0 Å². The molecule has 2 nitrogen and oxygen atoms in total. The van der Waals surface area contributed by atoms with Gasteiger partial charge in [-0.05, 0) is 51.1 Å². The van der Waals surface area contributed by atoms with Crippen LogP contribution in [0.15, 0.2) is 45.8 Å². The van der Waals surface area contributed by atoms with Gasteiger partial charge in [-0.1, -0.05) is 6.08 Å². The van der Waals surface area contributed by atoms with E-state index in [0.29, 0.717) is 5.56 Å². The third kappa shape index (κ3) is 2.87. The van der Waals surface area contributed by atoms with Crippen LogP contribution in [0.4, 0.5) is 0 Å². The maximum Gasteiger partial charge on any atom is 0.187 e. The Balaban J connectivity index is 2.11. The van der Waals surface area contributed by atoms with Gasteiger partial charge in [0.1, 0.15) is 0 Å². The van der Waals surface area contributed by atoms with Crippen molar-refractivity contribution >= 4 is 39.1 Å². The Kier molecular flexibility index (Phi) is 3.64. The summed E-state index contributed by atoms with van der Waals surface area (Å²) >= 11 is 4.97. The smallest absolute Gasteiger partial charge is 0.187 e. The molecule has 0 spiro atoms. The van der Waals surface area contributed by atoms with Crippen molar-refractivity contribution < 1.29 is 4.79 Å². The molecule has 0 fully saturated rings. The van der Waals surface area contributed by atoms with E-state index < -0.39 is 0 Å². The molecule has 0 amide bonds. The van der Waals surface area contributed by atoms with Gasteiger partial charge in [-0.25, -0.2) is 0 Å². The average molecular weight is 294 g/mol. The Morgan fingerprint density at radius 2 is 2.38 bits per heavy atom. The van der Waals surface area contributed by atoms with E-state index in [-0.39, 0.29) is 5.78 Å². The number of aromatic nitrogens is 1. The lowest BCUT2D eigenvalue weighted by Crippen LogP contribution is -1.93. The van der Waals surface area contributed by atoms with E-state index in [0.717, 1.165) is 9.35 Å². The number of hydrogen-bond acceptors (Lipinski definition) is 3. The Morgan fingerprint density at radius 1 is 1.50 bits per heavy atom. The number of hydrogen-bond donors (Lipinski definition) is 0. The largest absolute Gasteiger partial charge is 0.289 e. The average Bonchev–Trinajstić information content (AvgIpc) is 2.73. The van der Waals surface area contributed by atoms with Crippen molar-refractivity contribution in [1.82, 2.24) is 4.98 Å². The Hall–Kier alpha value is -1.26. The van der Waals surface area contributed by atoms with Gasteiger partial charge in [0.25, 0.3) is 0 Å². The molecule has 0 aliphatic carbocycles. The third-order valence-electron chi connectivity index (χ3n) is 1.96. The lowest BCUT2D eigenvalue weighted by molar-refractivity contribution is 0.104. The molecular weight excluding hydrogens is 286 g/mol. The molecule has 2 heterocycles. The van der Waals surface area contributed by atoms with E-state index in [1.54, 1.807) is 48.0 Å². The summed E-state index contributed by atoms with van der Waals surface area (Å²) in [5.74, 6) is -0.0320. The second kappa shape index (κ2) is 5.18. The van der Waals surface area contributed by atoms with Crippen LogP contribution in [0.5, 0.6) is 0 Å². The van der Waals surface area contributed by atoms with Crippen molar-refractivity contribution in [1.29, 1.82) is 0 Å². The fraction of sp³-hybridized carbons (Fsp3) is 0. The topological polar surface area (TPSA) is 30.0 Å².